The molecule has 2 aromatic rings. The van der Waals surface area contributed by atoms with E-state index in [0.717, 1.165) is 11.6 Å². The lowest BCUT2D eigenvalue weighted by molar-refractivity contribution is 0.0475. The van der Waals surface area contributed by atoms with Crippen LogP contribution in [-0.2, 0) is 16.2 Å². The minimum absolute atomic E-state index is 0.225. The number of carbonyl (C=O) groups excluding carboxylic acids is 1. The Balaban J connectivity index is 2.34. The van der Waals surface area contributed by atoms with Crippen LogP contribution in [0.1, 0.15) is 17.4 Å². The molecule has 0 spiro atoms. The molecule has 1 aromatic heterocycles. The number of methoxy groups -OCH3 is 2. The van der Waals surface area contributed by atoms with E-state index in [2.05, 4.69) is 24.6 Å². The summed E-state index contributed by atoms with van der Waals surface area (Å²) in [5.41, 5.74) is 1.15. The number of rotatable bonds is 10. The van der Waals surface area contributed by atoms with Gasteiger partial charge in [-0.15, -0.1) is 0 Å². The third-order valence-corrected chi connectivity index (χ3v) is 5.90. The van der Waals surface area contributed by atoms with Crippen molar-refractivity contribution in [1.29, 1.82) is 0 Å². The van der Waals surface area contributed by atoms with Crippen LogP contribution in [0.5, 0.6) is 11.5 Å². The number of carbonyl (C=O) groups is 1. The second kappa shape index (κ2) is 9.75. The molecule has 0 radical (unpaired) electrons. The summed E-state index contributed by atoms with van der Waals surface area (Å²) in [5, 5.41) is 0. The van der Waals surface area contributed by atoms with Crippen LogP contribution in [0.3, 0.4) is 0 Å². The van der Waals surface area contributed by atoms with Gasteiger partial charge in [0, 0.05) is 20.2 Å². The van der Waals surface area contributed by atoms with Crippen molar-refractivity contribution in [2.45, 2.75) is 39.3 Å². The van der Waals surface area contributed by atoms with Crippen molar-refractivity contribution in [2.24, 2.45) is 0 Å². The summed E-state index contributed by atoms with van der Waals surface area (Å²) in [4.78, 5) is 16.8. The van der Waals surface area contributed by atoms with Crippen LogP contribution in [0.15, 0.2) is 24.4 Å². The van der Waals surface area contributed by atoms with Crippen LogP contribution in [0.2, 0.25) is 25.7 Å². The van der Waals surface area contributed by atoms with E-state index >= 15 is 0 Å². The molecule has 0 aliphatic heterocycles. The van der Waals surface area contributed by atoms with Gasteiger partial charge in [0.25, 0.3) is 0 Å². The molecule has 8 heteroatoms. The number of nitrogens with zero attached hydrogens (tertiary/aromatic N) is 2. The van der Waals surface area contributed by atoms with Crippen LogP contribution in [0.25, 0.3) is 11.4 Å². The van der Waals surface area contributed by atoms with Gasteiger partial charge in [-0.2, -0.15) is 0 Å². The molecule has 0 saturated heterocycles. The zero-order chi connectivity index (χ0) is 20.7. The predicted molar refractivity (Wildman–Crippen MR) is 111 cm³/mol. The quantitative estimate of drug-likeness (QED) is 0.337. The maximum atomic E-state index is 12.3. The highest BCUT2D eigenvalue weighted by Crippen LogP contribution is 2.32. The first-order valence-corrected chi connectivity index (χ1v) is 13.0. The Morgan fingerprint density at radius 1 is 1.14 bits per heavy atom. The Morgan fingerprint density at radius 3 is 2.46 bits per heavy atom. The standard InChI is InChI=1S/C20H30N2O5Si/c1-7-27-20(23)16-13-21-19(22(16)14-26-10-11-28(4,5)6)15-8-9-17(24-2)18(12-15)25-3/h8-9,12-13H,7,10-11,14H2,1-6H3. The van der Waals surface area contributed by atoms with E-state index in [0.29, 0.717) is 36.2 Å². The molecule has 0 bridgehead atoms. The third kappa shape index (κ3) is 5.59. The van der Waals surface area contributed by atoms with Crippen LogP contribution in [0, 0.1) is 0 Å². The Kier molecular flexibility index (Phi) is 7.65. The van der Waals surface area contributed by atoms with E-state index in [9.17, 15) is 4.79 Å². The fourth-order valence-corrected chi connectivity index (χ4v) is 3.37. The highest BCUT2D eigenvalue weighted by atomic mass is 28.3. The molecule has 0 aliphatic carbocycles. The SMILES string of the molecule is CCOC(=O)c1cnc(-c2ccc(OC)c(OC)c2)n1COCC[Si](C)(C)C. The van der Waals surface area contributed by atoms with Gasteiger partial charge in [-0.05, 0) is 31.2 Å². The molecule has 0 amide bonds. The minimum atomic E-state index is -1.20. The number of hydrogen-bond donors (Lipinski definition) is 0. The molecule has 0 unspecified atom stereocenters. The Labute approximate surface area is 167 Å². The third-order valence-electron chi connectivity index (χ3n) is 4.20. The molecule has 7 nitrogen and oxygen atoms in total. The molecule has 154 valence electrons. The second-order valence-electron chi connectivity index (χ2n) is 7.53. The van der Waals surface area contributed by atoms with Crippen molar-refractivity contribution in [1.82, 2.24) is 9.55 Å². The van der Waals surface area contributed by atoms with Crippen LogP contribution < -0.4 is 9.47 Å². The summed E-state index contributed by atoms with van der Waals surface area (Å²) < 4.78 is 23.5. The lowest BCUT2D eigenvalue weighted by atomic mass is 10.2. The van der Waals surface area contributed by atoms with Gasteiger partial charge in [0.2, 0.25) is 0 Å². The molecular weight excluding hydrogens is 376 g/mol. The van der Waals surface area contributed by atoms with E-state index < -0.39 is 14.0 Å². The van der Waals surface area contributed by atoms with Crippen molar-refractivity contribution in [3.8, 4) is 22.9 Å². The molecule has 0 atom stereocenters. The van der Waals surface area contributed by atoms with Crippen LogP contribution in [-0.4, -0.2) is 51.0 Å². The van der Waals surface area contributed by atoms with E-state index in [1.807, 2.05) is 18.2 Å². The molecule has 0 N–H and O–H groups in total. The molecule has 0 saturated carbocycles. The molecule has 1 aromatic carbocycles. The molecule has 0 fully saturated rings. The Bertz CT molecular complexity index is 798. The van der Waals surface area contributed by atoms with Crippen molar-refractivity contribution < 1.29 is 23.7 Å². The van der Waals surface area contributed by atoms with Gasteiger partial charge < -0.3 is 18.9 Å². The molecule has 1 heterocycles. The lowest BCUT2D eigenvalue weighted by Gasteiger charge is -2.17. The Morgan fingerprint density at radius 2 is 1.86 bits per heavy atom. The molecule has 28 heavy (non-hydrogen) atoms. The lowest BCUT2D eigenvalue weighted by Crippen LogP contribution is -2.22. The maximum absolute atomic E-state index is 12.3. The Hall–Kier alpha value is -2.32. The number of aromatic nitrogens is 2. The van der Waals surface area contributed by atoms with Crippen molar-refractivity contribution >= 4 is 14.0 Å². The fourth-order valence-electron chi connectivity index (χ4n) is 2.61. The van der Waals surface area contributed by atoms with Gasteiger partial charge in [0.15, 0.2) is 11.5 Å². The summed E-state index contributed by atoms with van der Waals surface area (Å²) in [6, 6.07) is 6.55. The summed E-state index contributed by atoms with van der Waals surface area (Å²) in [5.74, 6) is 1.40. The van der Waals surface area contributed by atoms with Crippen molar-refractivity contribution in [3.63, 3.8) is 0 Å². The number of hydrogen-bond acceptors (Lipinski definition) is 6. The molecular formula is C20H30N2O5Si. The summed E-state index contributed by atoms with van der Waals surface area (Å²) >= 11 is 0. The summed E-state index contributed by atoms with van der Waals surface area (Å²) in [6.07, 6.45) is 1.52. The largest absolute Gasteiger partial charge is 0.493 e. The van der Waals surface area contributed by atoms with E-state index in [-0.39, 0.29) is 6.73 Å². The molecule has 0 aliphatic rings. The normalized spacial score (nSPS) is 11.4. The highest BCUT2D eigenvalue weighted by molar-refractivity contribution is 6.76. The second-order valence-corrected chi connectivity index (χ2v) is 13.2. The summed E-state index contributed by atoms with van der Waals surface area (Å²) in [7, 11) is 1.97. The smallest absolute Gasteiger partial charge is 0.356 e. The first-order chi connectivity index (χ1) is 13.3. The predicted octanol–water partition coefficient (Wildman–Crippen LogP) is 4.06. The monoisotopic (exact) mass is 406 g/mol. The van der Waals surface area contributed by atoms with E-state index in [1.54, 1.807) is 25.7 Å². The average molecular weight is 407 g/mol. The van der Waals surface area contributed by atoms with Crippen LogP contribution >= 0.6 is 0 Å². The maximum Gasteiger partial charge on any atom is 0.356 e. The zero-order valence-electron chi connectivity index (χ0n) is 17.6. The fraction of sp³-hybridized carbons (Fsp3) is 0.500. The molecule has 2 rings (SSSR count). The first-order valence-electron chi connectivity index (χ1n) is 9.33. The first kappa shape index (κ1) is 22.0. The van der Waals surface area contributed by atoms with E-state index in [4.69, 9.17) is 18.9 Å². The topological polar surface area (TPSA) is 71.8 Å². The number of imidazole rings is 1. The van der Waals surface area contributed by atoms with Gasteiger partial charge >= 0.3 is 5.97 Å². The van der Waals surface area contributed by atoms with Crippen LogP contribution in [0.4, 0.5) is 0 Å². The average Bonchev–Trinajstić information content (AvgIpc) is 3.08. The van der Waals surface area contributed by atoms with Gasteiger partial charge in [-0.3, -0.25) is 4.57 Å². The van der Waals surface area contributed by atoms with Gasteiger partial charge in [0.1, 0.15) is 18.2 Å². The van der Waals surface area contributed by atoms with Gasteiger partial charge in [0.05, 0.1) is 27.0 Å². The van der Waals surface area contributed by atoms with Gasteiger partial charge in [-0.25, -0.2) is 9.78 Å². The minimum Gasteiger partial charge on any atom is -0.493 e. The number of esters is 1. The zero-order valence-corrected chi connectivity index (χ0v) is 18.6. The number of benzene rings is 1. The summed E-state index contributed by atoms with van der Waals surface area (Å²) in [6.45, 7) is 9.83. The van der Waals surface area contributed by atoms with Crippen molar-refractivity contribution in [2.75, 3.05) is 27.4 Å². The van der Waals surface area contributed by atoms with Crippen molar-refractivity contribution in [3.05, 3.63) is 30.1 Å². The van der Waals surface area contributed by atoms with E-state index in [1.165, 1.54) is 6.20 Å². The number of ether oxygens (including phenoxy) is 4. The highest BCUT2D eigenvalue weighted by Gasteiger charge is 2.20. The van der Waals surface area contributed by atoms with Gasteiger partial charge in [-0.1, -0.05) is 19.6 Å².